The summed E-state index contributed by atoms with van der Waals surface area (Å²) in [4.78, 5) is 36.5. The Morgan fingerprint density at radius 2 is 1.69 bits per heavy atom. The van der Waals surface area contributed by atoms with E-state index in [-0.39, 0.29) is 30.6 Å². The minimum atomic E-state index is -0.965. The minimum Gasteiger partial charge on any atom is -0.481 e. The highest BCUT2D eigenvalue weighted by Gasteiger charge is 2.31. The van der Waals surface area contributed by atoms with Gasteiger partial charge in [0.05, 0.1) is 5.92 Å². The van der Waals surface area contributed by atoms with Crippen LogP contribution in [0.1, 0.15) is 46.8 Å². The third kappa shape index (κ3) is 4.86. The largest absolute Gasteiger partial charge is 0.481 e. The second kappa shape index (κ2) is 9.57. The maximum absolute atomic E-state index is 12.5. The number of benzene rings is 2. The van der Waals surface area contributed by atoms with E-state index in [9.17, 15) is 19.5 Å². The summed E-state index contributed by atoms with van der Waals surface area (Å²) in [6.07, 6.45) is 1.73. The van der Waals surface area contributed by atoms with E-state index in [1.807, 2.05) is 48.5 Å². The number of nitrogens with zero attached hydrogens (tertiary/aromatic N) is 2. The molecule has 0 spiro atoms. The topological polar surface area (TPSA) is 144 Å². The number of hydrogen-bond donors (Lipinski definition) is 3. The summed E-state index contributed by atoms with van der Waals surface area (Å²) in [6, 6.07) is 15.9. The summed E-state index contributed by atoms with van der Waals surface area (Å²) in [6.45, 7) is 0.0377. The lowest BCUT2D eigenvalue weighted by molar-refractivity contribution is -0.141. The minimum absolute atomic E-state index is 0.0537. The average Bonchev–Trinajstić information content (AvgIpc) is 3.47. The monoisotopic (exact) mass is 476 g/mol. The van der Waals surface area contributed by atoms with Gasteiger partial charge in [0.15, 0.2) is 0 Å². The van der Waals surface area contributed by atoms with Crippen molar-refractivity contribution in [2.75, 3.05) is 18.5 Å². The van der Waals surface area contributed by atoms with Crippen molar-refractivity contribution in [3.63, 3.8) is 0 Å². The van der Waals surface area contributed by atoms with Crippen molar-refractivity contribution in [3.8, 4) is 11.1 Å². The molecule has 5 rings (SSSR count). The molecule has 180 valence electrons. The third-order valence-corrected chi connectivity index (χ3v) is 6.44. The smallest absolute Gasteiger partial charge is 0.412 e. The van der Waals surface area contributed by atoms with Crippen molar-refractivity contribution >= 4 is 23.8 Å². The van der Waals surface area contributed by atoms with Crippen LogP contribution in [0.3, 0.4) is 0 Å². The molecule has 3 N–H and O–H groups in total. The van der Waals surface area contributed by atoms with Crippen molar-refractivity contribution in [1.82, 2.24) is 15.6 Å². The van der Waals surface area contributed by atoms with E-state index in [1.165, 1.54) is 0 Å². The number of carboxylic acid groups (broad SMARTS) is 1. The fraction of sp³-hybridized carbons (Fsp3) is 0.320. The van der Waals surface area contributed by atoms with Gasteiger partial charge in [-0.3, -0.25) is 14.9 Å². The van der Waals surface area contributed by atoms with Gasteiger partial charge in [-0.25, -0.2) is 9.42 Å². The average molecular weight is 476 g/mol. The van der Waals surface area contributed by atoms with Gasteiger partial charge in [0, 0.05) is 12.5 Å². The molecule has 2 aliphatic rings. The van der Waals surface area contributed by atoms with Gasteiger partial charge < -0.3 is 15.2 Å². The molecule has 1 atom stereocenters. The first kappa shape index (κ1) is 22.6. The van der Waals surface area contributed by atoms with Gasteiger partial charge in [-0.15, -0.1) is 0 Å². The zero-order valence-electron chi connectivity index (χ0n) is 18.8. The molecule has 0 aliphatic heterocycles. The molecule has 10 nitrogen and oxygen atoms in total. The fourth-order valence-corrected chi connectivity index (χ4v) is 4.48. The first-order valence-corrected chi connectivity index (χ1v) is 11.5. The van der Waals surface area contributed by atoms with Gasteiger partial charge in [-0.1, -0.05) is 61.4 Å². The van der Waals surface area contributed by atoms with Crippen LogP contribution in [0.25, 0.3) is 11.1 Å². The summed E-state index contributed by atoms with van der Waals surface area (Å²) >= 11 is 0. The molecule has 1 heterocycles. The van der Waals surface area contributed by atoms with Crippen LogP contribution in [-0.4, -0.2) is 46.5 Å². The summed E-state index contributed by atoms with van der Waals surface area (Å²) in [7, 11) is 0. The molecule has 2 aromatic carbocycles. The lowest BCUT2D eigenvalue weighted by atomic mass is 9.98. The second-order valence-corrected chi connectivity index (χ2v) is 8.84. The Balaban J connectivity index is 1.19. The van der Waals surface area contributed by atoms with Crippen molar-refractivity contribution in [1.29, 1.82) is 0 Å². The Hall–Kier alpha value is -4.21. The van der Waals surface area contributed by atoms with Crippen LogP contribution in [0, 0.1) is 11.8 Å². The zero-order valence-corrected chi connectivity index (χ0v) is 18.8. The molecule has 3 aromatic rings. The lowest BCUT2D eigenvalue weighted by Crippen LogP contribution is -2.34. The van der Waals surface area contributed by atoms with E-state index < -0.39 is 23.9 Å². The molecule has 2 amide bonds. The maximum Gasteiger partial charge on any atom is 0.412 e. The normalized spacial score (nSPS) is 15.1. The lowest BCUT2D eigenvalue weighted by Gasteiger charge is -2.14. The van der Waals surface area contributed by atoms with Crippen LogP contribution >= 0.6 is 0 Å². The van der Waals surface area contributed by atoms with E-state index in [2.05, 4.69) is 25.6 Å². The van der Waals surface area contributed by atoms with Gasteiger partial charge in [0.2, 0.25) is 11.5 Å². The number of hydrogen-bond acceptors (Lipinski definition) is 7. The van der Waals surface area contributed by atoms with E-state index in [4.69, 9.17) is 4.74 Å². The number of carbonyl (C=O) groups excluding carboxylic acids is 2. The van der Waals surface area contributed by atoms with Crippen LogP contribution in [0.5, 0.6) is 0 Å². The standard InChI is InChI=1S/C25H24N4O6/c30-23(26-12-15(24(31)32)11-14-9-10-14)21-22(29-35-28-21)27-25(33)34-13-20-18-7-3-1-5-16(18)17-6-2-4-8-19(17)20/h1-8,14-15,20H,9-13H2,(H,26,30)(H,31,32)(H,27,29,33). The van der Waals surface area contributed by atoms with E-state index in [0.29, 0.717) is 12.3 Å². The number of fused-ring (bicyclic) bond motifs is 3. The van der Waals surface area contributed by atoms with Gasteiger partial charge in [-0.2, -0.15) is 0 Å². The molecule has 1 saturated carbocycles. The number of rotatable bonds is 9. The molecule has 0 radical (unpaired) electrons. The van der Waals surface area contributed by atoms with Crippen LogP contribution in [0.2, 0.25) is 0 Å². The van der Waals surface area contributed by atoms with Gasteiger partial charge >= 0.3 is 12.1 Å². The summed E-state index contributed by atoms with van der Waals surface area (Å²) in [5, 5.41) is 21.4. The summed E-state index contributed by atoms with van der Waals surface area (Å²) < 4.78 is 10.1. The molecule has 1 fully saturated rings. The Morgan fingerprint density at radius 1 is 1.03 bits per heavy atom. The number of aliphatic carboxylic acids is 1. The fourth-order valence-electron chi connectivity index (χ4n) is 4.48. The van der Waals surface area contributed by atoms with E-state index in [1.54, 1.807) is 0 Å². The molecule has 2 aliphatic carbocycles. The van der Waals surface area contributed by atoms with Gasteiger partial charge in [0.25, 0.3) is 5.91 Å². The SMILES string of the molecule is O=C(Nc1nonc1C(=O)NCC(CC1CC1)C(=O)O)OCC1c2ccccc2-c2ccccc21. The predicted molar refractivity (Wildman–Crippen MR) is 124 cm³/mol. The predicted octanol–water partition coefficient (Wildman–Crippen LogP) is 3.66. The Kier molecular flexibility index (Phi) is 6.17. The third-order valence-electron chi connectivity index (χ3n) is 6.44. The Bertz CT molecular complexity index is 1220. The summed E-state index contributed by atoms with van der Waals surface area (Å²) in [5.74, 6) is -2.27. The van der Waals surface area contributed by atoms with Gasteiger partial charge in [0.1, 0.15) is 6.61 Å². The Morgan fingerprint density at radius 3 is 2.31 bits per heavy atom. The molecule has 35 heavy (non-hydrogen) atoms. The number of amides is 2. The van der Waals surface area contributed by atoms with Crippen LogP contribution < -0.4 is 10.6 Å². The van der Waals surface area contributed by atoms with Crippen molar-refractivity contribution in [3.05, 3.63) is 65.4 Å². The number of aromatic nitrogens is 2. The first-order valence-electron chi connectivity index (χ1n) is 11.5. The Labute approximate surface area is 200 Å². The van der Waals surface area contributed by atoms with E-state index in [0.717, 1.165) is 35.1 Å². The van der Waals surface area contributed by atoms with E-state index >= 15 is 0 Å². The van der Waals surface area contributed by atoms with Gasteiger partial charge in [-0.05, 0) is 44.9 Å². The number of carbonyl (C=O) groups is 3. The molecule has 1 unspecified atom stereocenters. The second-order valence-electron chi connectivity index (χ2n) is 8.84. The molecule has 10 heteroatoms. The van der Waals surface area contributed by atoms with Crippen LogP contribution in [0.15, 0.2) is 53.2 Å². The van der Waals surface area contributed by atoms with Crippen molar-refractivity contribution in [2.24, 2.45) is 11.8 Å². The quantitative estimate of drug-likeness (QED) is 0.424. The highest BCUT2D eigenvalue weighted by molar-refractivity contribution is 5.99. The molecular weight excluding hydrogens is 452 g/mol. The summed E-state index contributed by atoms with van der Waals surface area (Å²) in [5.41, 5.74) is 4.11. The first-order chi connectivity index (χ1) is 17.0. The highest BCUT2D eigenvalue weighted by atomic mass is 16.6. The number of ether oxygens (including phenoxy) is 1. The number of carboxylic acids is 1. The van der Waals surface area contributed by atoms with Crippen LogP contribution in [0.4, 0.5) is 10.6 Å². The highest BCUT2D eigenvalue weighted by Crippen LogP contribution is 2.44. The maximum atomic E-state index is 12.5. The molecule has 0 bridgehead atoms. The van der Waals surface area contributed by atoms with Crippen molar-refractivity contribution < 1.29 is 28.9 Å². The zero-order chi connectivity index (χ0) is 24.4. The number of nitrogens with one attached hydrogen (secondary N) is 2. The molecular formula is C25H24N4O6. The van der Waals surface area contributed by atoms with Crippen LogP contribution in [-0.2, 0) is 9.53 Å². The molecule has 0 saturated heterocycles. The number of anilines is 1. The van der Waals surface area contributed by atoms with Crippen molar-refractivity contribution in [2.45, 2.75) is 25.2 Å². The molecule has 1 aromatic heterocycles.